The summed E-state index contributed by atoms with van der Waals surface area (Å²) in [5.41, 5.74) is 0. The first-order chi connectivity index (χ1) is 5.61. The van der Waals surface area contributed by atoms with E-state index in [1.807, 2.05) is 0 Å². The molecule has 0 saturated carbocycles. The lowest BCUT2D eigenvalue weighted by atomic mass is 10.1. The quantitative estimate of drug-likeness (QED) is 0.448. The lowest BCUT2D eigenvalue weighted by Gasteiger charge is -2.21. The Morgan fingerprint density at radius 3 is 1.08 bits per heavy atom. The Balaban J connectivity index is 2.54. The molecule has 2 nitrogen and oxygen atoms in total. The van der Waals surface area contributed by atoms with Crippen LogP contribution in [0.3, 0.4) is 0 Å². The smallest absolute Gasteiger partial charge is 0.125 e. The first-order valence-electron chi connectivity index (χ1n) is 4.58. The van der Waals surface area contributed by atoms with Crippen LogP contribution in [-0.2, 0) is 0 Å². The Hall–Kier alpha value is -0.600. The molecular weight excluding hydrogens is 148 g/mol. The van der Waals surface area contributed by atoms with Crippen LogP contribution in [0.5, 0.6) is 0 Å². The van der Waals surface area contributed by atoms with Gasteiger partial charge in [-0.2, -0.15) is 0 Å². The molecule has 1 aliphatic rings. The summed E-state index contributed by atoms with van der Waals surface area (Å²) in [7, 11) is 8.73. The number of nitrogens with one attached hydrogen (secondary N) is 2. The third-order valence-corrected chi connectivity index (χ3v) is 2.38. The first-order valence-corrected chi connectivity index (χ1v) is 4.58. The maximum atomic E-state index is 2.30. The van der Waals surface area contributed by atoms with Crippen molar-refractivity contribution < 1.29 is 9.80 Å². The lowest BCUT2D eigenvalue weighted by molar-refractivity contribution is -0.877. The largest absolute Gasteiger partial charge is 0.331 e. The Bertz CT molecular complexity index is 158. The summed E-state index contributed by atoms with van der Waals surface area (Å²) >= 11 is 0. The van der Waals surface area contributed by atoms with Crippen molar-refractivity contribution >= 4 is 0 Å². The van der Waals surface area contributed by atoms with E-state index in [0.717, 1.165) is 0 Å². The van der Waals surface area contributed by atoms with Gasteiger partial charge in [-0.25, -0.2) is 0 Å². The highest BCUT2D eigenvalue weighted by molar-refractivity contribution is 5.14. The minimum atomic E-state index is 0.570. The van der Waals surface area contributed by atoms with E-state index in [1.165, 1.54) is 9.80 Å². The van der Waals surface area contributed by atoms with Crippen molar-refractivity contribution in [2.75, 3.05) is 28.2 Å². The van der Waals surface area contributed by atoms with E-state index >= 15 is 0 Å². The highest BCUT2D eigenvalue weighted by Gasteiger charge is 2.16. The maximum absolute atomic E-state index is 2.30. The molecule has 0 atom stereocenters. The molecular formula is C10H20N2+2. The van der Waals surface area contributed by atoms with Crippen LogP contribution in [0.25, 0.3) is 0 Å². The molecule has 0 radical (unpaired) electrons. The molecule has 2 N–H and O–H groups in total. The zero-order valence-corrected chi connectivity index (χ0v) is 8.46. The molecule has 1 rings (SSSR count). The predicted octanol–water partition coefficient (Wildman–Crippen LogP) is -1.86. The van der Waals surface area contributed by atoms with Gasteiger partial charge in [-0.3, -0.25) is 0 Å². The van der Waals surface area contributed by atoms with E-state index in [0.29, 0.717) is 12.1 Å². The van der Waals surface area contributed by atoms with Gasteiger partial charge in [0.15, 0.2) is 0 Å². The molecule has 0 aromatic rings. The molecule has 0 amide bonds. The van der Waals surface area contributed by atoms with Gasteiger partial charge in [0.1, 0.15) is 12.1 Å². The molecule has 0 heterocycles. The van der Waals surface area contributed by atoms with Crippen LogP contribution < -0.4 is 9.80 Å². The van der Waals surface area contributed by atoms with E-state index in [1.54, 1.807) is 0 Å². The van der Waals surface area contributed by atoms with Gasteiger partial charge in [0.05, 0.1) is 28.2 Å². The van der Waals surface area contributed by atoms with E-state index in [9.17, 15) is 0 Å². The molecule has 0 bridgehead atoms. The summed E-state index contributed by atoms with van der Waals surface area (Å²) in [5.74, 6) is 0. The standard InChI is InChI=1S/C10H18N2/c1-11(2)9-5-7-10(8-6-9)12(3)4/h5-10H,1-4H3/p+2. The fourth-order valence-electron chi connectivity index (χ4n) is 1.38. The van der Waals surface area contributed by atoms with Gasteiger partial charge < -0.3 is 9.80 Å². The molecule has 0 saturated heterocycles. The number of rotatable bonds is 2. The van der Waals surface area contributed by atoms with E-state index in [-0.39, 0.29) is 0 Å². The molecule has 68 valence electrons. The first kappa shape index (κ1) is 9.49. The van der Waals surface area contributed by atoms with Crippen LogP contribution >= 0.6 is 0 Å². The fourth-order valence-corrected chi connectivity index (χ4v) is 1.38. The highest BCUT2D eigenvalue weighted by atomic mass is 15.1. The van der Waals surface area contributed by atoms with Crippen LogP contribution in [-0.4, -0.2) is 40.3 Å². The predicted molar refractivity (Wildman–Crippen MR) is 51.5 cm³/mol. The van der Waals surface area contributed by atoms with Crippen LogP contribution in [0, 0.1) is 0 Å². The van der Waals surface area contributed by atoms with Crippen molar-refractivity contribution in [1.29, 1.82) is 0 Å². The van der Waals surface area contributed by atoms with Crippen molar-refractivity contribution in [1.82, 2.24) is 0 Å². The van der Waals surface area contributed by atoms with E-state index < -0.39 is 0 Å². The highest BCUT2D eigenvalue weighted by Crippen LogP contribution is 1.96. The van der Waals surface area contributed by atoms with E-state index in [4.69, 9.17) is 0 Å². The maximum Gasteiger partial charge on any atom is 0.125 e. The van der Waals surface area contributed by atoms with Crippen LogP contribution in [0.2, 0.25) is 0 Å². The molecule has 0 fully saturated rings. The summed E-state index contributed by atoms with van der Waals surface area (Å²) in [6, 6.07) is 1.14. The molecule has 1 aliphatic carbocycles. The Morgan fingerprint density at radius 1 is 0.667 bits per heavy atom. The normalized spacial score (nSPS) is 28.8. The Labute approximate surface area is 75.2 Å². The van der Waals surface area contributed by atoms with Crippen LogP contribution in [0.4, 0.5) is 0 Å². The fraction of sp³-hybridized carbons (Fsp3) is 0.600. The zero-order chi connectivity index (χ0) is 9.14. The van der Waals surface area contributed by atoms with Gasteiger partial charge in [-0.05, 0) is 24.3 Å². The monoisotopic (exact) mass is 168 g/mol. The van der Waals surface area contributed by atoms with Crippen molar-refractivity contribution in [2.45, 2.75) is 12.1 Å². The third-order valence-electron chi connectivity index (χ3n) is 2.38. The SMILES string of the molecule is C[NH+](C)C1C=CC([NH+](C)C)C=C1. The minimum absolute atomic E-state index is 0.570. The third kappa shape index (κ3) is 2.19. The molecule has 0 spiro atoms. The molecule has 0 aromatic carbocycles. The van der Waals surface area contributed by atoms with Gasteiger partial charge in [0.25, 0.3) is 0 Å². The second-order valence-electron chi connectivity index (χ2n) is 3.98. The average molecular weight is 168 g/mol. The molecule has 0 aliphatic heterocycles. The van der Waals surface area contributed by atoms with Crippen molar-refractivity contribution in [2.24, 2.45) is 0 Å². The van der Waals surface area contributed by atoms with Gasteiger partial charge in [-0.1, -0.05) is 0 Å². The number of likely N-dealkylation sites (N-methyl/N-ethyl adjacent to an activating group) is 2. The molecule has 0 unspecified atom stereocenters. The Kier molecular flexibility index (Phi) is 3.06. The van der Waals surface area contributed by atoms with Crippen LogP contribution in [0.1, 0.15) is 0 Å². The second kappa shape index (κ2) is 3.87. The summed E-state index contributed by atoms with van der Waals surface area (Å²) in [6.45, 7) is 0. The molecule has 12 heavy (non-hydrogen) atoms. The van der Waals surface area contributed by atoms with Gasteiger partial charge >= 0.3 is 0 Å². The summed E-state index contributed by atoms with van der Waals surface area (Å²) in [6.07, 6.45) is 9.19. The average Bonchev–Trinajstić information content (AvgIpc) is 2.04. The number of hydrogen-bond acceptors (Lipinski definition) is 0. The number of hydrogen-bond donors (Lipinski definition) is 2. The topological polar surface area (TPSA) is 8.88 Å². The number of quaternary nitrogens is 2. The van der Waals surface area contributed by atoms with Gasteiger partial charge in [0, 0.05) is 0 Å². The summed E-state index contributed by atoms with van der Waals surface area (Å²) in [5, 5.41) is 0. The Morgan fingerprint density at radius 2 is 0.917 bits per heavy atom. The van der Waals surface area contributed by atoms with Crippen molar-refractivity contribution in [3.8, 4) is 0 Å². The summed E-state index contributed by atoms with van der Waals surface area (Å²) < 4.78 is 0. The van der Waals surface area contributed by atoms with Crippen molar-refractivity contribution in [3.63, 3.8) is 0 Å². The van der Waals surface area contributed by atoms with Crippen molar-refractivity contribution in [3.05, 3.63) is 24.3 Å². The minimum Gasteiger partial charge on any atom is -0.331 e. The van der Waals surface area contributed by atoms with Gasteiger partial charge in [0.2, 0.25) is 0 Å². The van der Waals surface area contributed by atoms with E-state index in [2.05, 4.69) is 52.5 Å². The van der Waals surface area contributed by atoms with Crippen LogP contribution in [0.15, 0.2) is 24.3 Å². The summed E-state index contributed by atoms with van der Waals surface area (Å²) in [4.78, 5) is 2.93. The van der Waals surface area contributed by atoms with Gasteiger partial charge in [-0.15, -0.1) is 0 Å². The zero-order valence-electron chi connectivity index (χ0n) is 8.46. The molecule has 2 heteroatoms. The molecule has 0 aromatic heterocycles. The lowest BCUT2D eigenvalue weighted by Crippen LogP contribution is -3.11. The second-order valence-corrected chi connectivity index (χ2v) is 3.98.